The van der Waals surface area contributed by atoms with Gasteiger partial charge in [0.25, 0.3) is 0 Å². The van der Waals surface area contributed by atoms with Crippen LogP contribution < -0.4 is 9.47 Å². The zero-order chi connectivity index (χ0) is 12.3. The molecule has 0 aliphatic heterocycles. The van der Waals surface area contributed by atoms with Crippen LogP contribution in [0.5, 0.6) is 11.5 Å². The number of halogens is 1. The molecule has 0 unspecified atom stereocenters. The van der Waals surface area contributed by atoms with Crippen LogP contribution >= 0.6 is 11.6 Å². The van der Waals surface area contributed by atoms with Crippen LogP contribution in [0.3, 0.4) is 0 Å². The van der Waals surface area contributed by atoms with Gasteiger partial charge in [-0.1, -0.05) is 5.16 Å². The second-order valence-electron chi connectivity index (χ2n) is 3.21. The molecule has 0 aliphatic rings. The number of rotatable bonds is 4. The van der Waals surface area contributed by atoms with Crippen molar-refractivity contribution in [1.82, 2.24) is 10.1 Å². The van der Waals surface area contributed by atoms with E-state index in [2.05, 4.69) is 10.1 Å². The van der Waals surface area contributed by atoms with Crippen molar-refractivity contribution < 1.29 is 14.0 Å². The third-order valence-corrected chi connectivity index (χ3v) is 2.46. The monoisotopic (exact) mass is 254 g/mol. The van der Waals surface area contributed by atoms with Crippen LogP contribution in [0, 0.1) is 0 Å². The lowest BCUT2D eigenvalue weighted by molar-refractivity contribution is 0.387. The van der Waals surface area contributed by atoms with E-state index in [0.717, 1.165) is 5.56 Å². The normalized spacial score (nSPS) is 10.3. The molecule has 1 aromatic carbocycles. The van der Waals surface area contributed by atoms with Crippen molar-refractivity contribution in [3.05, 3.63) is 24.1 Å². The molecule has 1 heterocycles. The molecule has 0 aliphatic carbocycles. The third-order valence-electron chi connectivity index (χ3n) is 2.23. The van der Waals surface area contributed by atoms with Gasteiger partial charge < -0.3 is 14.0 Å². The highest BCUT2D eigenvalue weighted by atomic mass is 35.5. The molecule has 6 heteroatoms. The Kier molecular flexibility index (Phi) is 3.49. The standard InChI is InChI=1S/C11H11ClN2O3/c1-15-7-3-4-8(9(5-7)16-2)11-13-10(6-12)17-14-11/h3-5H,6H2,1-2H3. The molecule has 90 valence electrons. The van der Waals surface area contributed by atoms with Gasteiger partial charge in [-0.3, -0.25) is 0 Å². The first-order valence-electron chi connectivity index (χ1n) is 4.89. The molecule has 2 rings (SSSR count). The minimum absolute atomic E-state index is 0.186. The Bertz CT molecular complexity index is 513. The molecule has 0 fully saturated rings. The zero-order valence-corrected chi connectivity index (χ0v) is 10.2. The molecule has 0 amide bonds. The minimum Gasteiger partial charge on any atom is -0.497 e. The first kappa shape index (κ1) is 11.7. The number of alkyl halides is 1. The Labute approximate surface area is 103 Å². The third kappa shape index (κ3) is 2.34. The summed E-state index contributed by atoms with van der Waals surface area (Å²) in [5, 5.41) is 3.83. The maximum Gasteiger partial charge on any atom is 0.241 e. The van der Waals surface area contributed by atoms with E-state index in [-0.39, 0.29) is 5.88 Å². The molecule has 0 N–H and O–H groups in total. The lowest BCUT2D eigenvalue weighted by Crippen LogP contribution is -1.91. The lowest BCUT2D eigenvalue weighted by Gasteiger charge is -2.07. The van der Waals surface area contributed by atoms with Crippen molar-refractivity contribution in [3.63, 3.8) is 0 Å². The quantitative estimate of drug-likeness (QED) is 0.785. The number of benzene rings is 1. The van der Waals surface area contributed by atoms with E-state index in [4.69, 9.17) is 25.6 Å². The number of aromatic nitrogens is 2. The first-order chi connectivity index (χ1) is 8.28. The van der Waals surface area contributed by atoms with Crippen molar-refractivity contribution in [2.24, 2.45) is 0 Å². The van der Waals surface area contributed by atoms with Gasteiger partial charge >= 0.3 is 0 Å². The Morgan fingerprint density at radius 2 is 2.12 bits per heavy atom. The molecule has 5 nitrogen and oxygen atoms in total. The van der Waals surface area contributed by atoms with E-state index >= 15 is 0 Å². The van der Waals surface area contributed by atoms with Gasteiger partial charge in [0.2, 0.25) is 11.7 Å². The largest absolute Gasteiger partial charge is 0.497 e. The Morgan fingerprint density at radius 3 is 2.71 bits per heavy atom. The number of hydrogen-bond donors (Lipinski definition) is 0. The molecule has 0 atom stereocenters. The molecule has 1 aromatic heterocycles. The van der Waals surface area contributed by atoms with Crippen molar-refractivity contribution in [2.75, 3.05) is 14.2 Å². The first-order valence-corrected chi connectivity index (χ1v) is 5.43. The predicted octanol–water partition coefficient (Wildman–Crippen LogP) is 2.49. The van der Waals surface area contributed by atoms with Gasteiger partial charge in [0.05, 0.1) is 19.8 Å². The number of hydrogen-bond acceptors (Lipinski definition) is 5. The Morgan fingerprint density at radius 1 is 1.29 bits per heavy atom. The summed E-state index contributed by atoms with van der Waals surface area (Å²) in [5.74, 6) is 2.32. The van der Waals surface area contributed by atoms with Gasteiger partial charge in [-0.05, 0) is 12.1 Å². The summed E-state index contributed by atoms with van der Waals surface area (Å²) in [6, 6.07) is 5.36. The number of nitrogens with zero attached hydrogens (tertiary/aromatic N) is 2. The van der Waals surface area contributed by atoms with E-state index in [1.807, 2.05) is 0 Å². The highest BCUT2D eigenvalue weighted by molar-refractivity contribution is 6.16. The molecule has 0 saturated carbocycles. The van der Waals surface area contributed by atoms with E-state index in [1.54, 1.807) is 32.4 Å². The fraction of sp³-hybridized carbons (Fsp3) is 0.273. The van der Waals surface area contributed by atoms with E-state index in [9.17, 15) is 0 Å². The predicted molar refractivity (Wildman–Crippen MR) is 62.4 cm³/mol. The maximum absolute atomic E-state index is 5.60. The van der Waals surface area contributed by atoms with Gasteiger partial charge in [0, 0.05) is 6.07 Å². The van der Waals surface area contributed by atoms with Crippen LogP contribution in [0.15, 0.2) is 22.7 Å². The molecule has 0 radical (unpaired) electrons. The fourth-order valence-electron chi connectivity index (χ4n) is 1.40. The molecular weight excluding hydrogens is 244 g/mol. The summed E-state index contributed by atoms with van der Waals surface area (Å²) < 4.78 is 15.3. The van der Waals surface area contributed by atoms with Gasteiger partial charge in [-0.2, -0.15) is 4.98 Å². The van der Waals surface area contributed by atoms with Gasteiger partial charge in [-0.25, -0.2) is 0 Å². The van der Waals surface area contributed by atoms with E-state index < -0.39 is 0 Å². The topological polar surface area (TPSA) is 57.4 Å². The lowest BCUT2D eigenvalue weighted by atomic mass is 10.2. The molecule has 0 saturated heterocycles. The van der Waals surface area contributed by atoms with Gasteiger partial charge in [-0.15, -0.1) is 11.6 Å². The van der Waals surface area contributed by atoms with Crippen LogP contribution in [-0.2, 0) is 5.88 Å². The summed E-state index contributed by atoms with van der Waals surface area (Å²) in [5.41, 5.74) is 0.730. The van der Waals surface area contributed by atoms with Crippen LogP contribution in [0.1, 0.15) is 5.89 Å². The zero-order valence-electron chi connectivity index (χ0n) is 9.44. The average molecular weight is 255 g/mol. The summed E-state index contributed by atoms with van der Waals surface area (Å²) >= 11 is 5.60. The number of ether oxygens (including phenoxy) is 2. The molecule has 2 aromatic rings. The number of methoxy groups -OCH3 is 2. The molecule has 0 spiro atoms. The van der Waals surface area contributed by atoms with Crippen molar-refractivity contribution >= 4 is 11.6 Å². The fourth-order valence-corrected chi connectivity index (χ4v) is 1.51. The highest BCUT2D eigenvalue weighted by Gasteiger charge is 2.13. The van der Waals surface area contributed by atoms with E-state index in [0.29, 0.717) is 23.2 Å². The highest BCUT2D eigenvalue weighted by Crippen LogP contribution is 2.31. The Balaban J connectivity index is 2.43. The average Bonchev–Trinajstić information content (AvgIpc) is 2.86. The van der Waals surface area contributed by atoms with Crippen LogP contribution in [0.25, 0.3) is 11.4 Å². The Hall–Kier alpha value is -1.75. The summed E-state index contributed by atoms with van der Waals surface area (Å²) in [6.45, 7) is 0. The summed E-state index contributed by atoms with van der Waals surface area (Å²) in [7, 11) is 3.16. The summed E-state index contributed by atoms with van der Waals surface area (Å²) in [4.78, 5) is 4.13. The second kappa shape index (κ2) is 5.05. The molecular formula is C11H11ClN2O3. The van der Waals surface area contributed by atoms with Crippen molar-refractivity contribution in [2.45, 2.75) is 5.88 Å². The van der Waals surface area contributed by atoms with Crippen molar-refractivity contribution in [1.29, 1.82) is 0 Å². The smallest absolute Gasteiger partial charge is 0.241 e. The van der Waals surface area contributed by atoms with Gasteiger partial charge in [0.15, 0.2) is 0 Å². The van der Waals surface area contributed by atoms with Crippen LogP contribution in [0.4, 0.5) is 0 Å². The summed E-state index contributed by atoms with van der Waals surface area (Å²) in [6.07, 6.45) is 0. The molecule has 0 bridgehead atoms. The van der Waals surface area contributed by atoms with Gasteiger partial charge in [0.1, 0.15) is 17.4 Å². The maximum atomic E-state index is 5.60. The van der Waals surface area contributed by atoms with E-state index in [1.165, 1.54) is 0 Å². The minimum atomic E-state index is 0.186. The van der Waals surface area contributed by atoms with Crippen LogP contribution in [-0.4, -0.2) is 24.4 Å². The van der Waals surface area contributed by atoms with Crippen LogP contribution in [0.2, 0.25) is 0 Å². The van der Waals surface area contributed by atoms with Crippen molar-refractivity contribution in [3.8, 4) is 22.9 Å². The molecule has 17 heavy (non-hydrogen) atoms. The SMILES string of the molecule is COc1ccc(-c2noc(CCl)n2)c(OC)c1. The second-order valence-corrected chi connectivity index (χ2v) is 3.48.